The number of carbonyl (C=O) groups excluding carboxylic acids is 1. The van der Waals surface area contributed by atoms with E-state index in [4.69, 9.17) is 0 Å². The molecule has 0 radical (unpaired) electrons. The number of nitrogens with one attached hydrogen (secondary N) is 3. The van der Waals surface area contributed by atoms with E-state index in [-0.39, 0.29) is 18.1 Å². The van der Waals surface area contributed by atoms with Gasteiger partial charge in [0.05, 0.1) is 21.7 Å². The maximum absolute atomic E-state index is 13.9. The predicted octanol–water partition coefficient (Wildman–Crippen LogP) is 4.45. The van der Waals surface area contributed by atoms with Gasteiger partial charge < -0.3 is 25.5 Å². The maximum Gasteiger partial charge on any atom is 0.258 e. The van der Waals surface area contributed by atoms with Crippen molar-refractivity contribution in [2.75, 3.05) is 48.8 Å². The fraction of sp³-hybridized carbons (Fsp3) is 0.312. The second-order valence-corrected chi connectivity index (χ2v) is 14.0. The number of H-pyrrole nitrogens is 1. The number of phenols is 1. The third kappa shape index (κ3) is 6.02. The van der Waals surface area contributed by atoms with E-state index in [0.717, 1.165) is 53.9 Å². The number of halogens is 2. The Balaban J connectivity index is 1.27. The Hall–Kier alpha value is -4.53. The van der Waals surface area contributed by atoms with Gasteiger partial charge >= 0.3 is 0 Å². The van der Waals surface area contributed by atoms with Gasteiger partial charge in [0.2, 0.25) is 10.0 Å². The Labute approximate surface area is 265 Å². The van der Waals surface area contributed by atoms with Crippen LogP contribution >= 0.6 is 0 Å². The second kappa shape index (κ2) is 12.0. The van der Waals surface area contributed by atoms with E-state index in [9.17, 15) is 27.1 Å². The SMILES string of the molecule is CN1CCN(c2ccc(C(=O)Nc3n[nH]c4c3CN(S(=O)(=O)c3cc(F)cc(F)c3)C4(C)C)c(NCc3ccc(O)cc3)c2)CC1. The summed E-state index contributed by atoms with van der Waals surface area (Å²) in [5.74, 6) is -2.15. The minimum Gasteiger partial charge on any atom is -0.508 e. The van der Waals surface area contributed by atoms with Crippen molar-refractivity contribution in [1.82, 2.24) is 19.4 Å². The van der Waals surface area contributed by atoms with E-state index in [1.54, 1.807) is 44.2 Å². The van der Waals surface area contributed by atoms with E-state index in [1.165, 1.54) is 0 Å². The smallest absolute Gasteiger partial charge is 0.258 e. The molecule has 6 rings (SSSR count). The number of amides is 1. The lowest BCUT2D eigenvalue weighted by Crippen LogP contribution is -2.44. The first-order valence-electron chi connectivity index (χ1n) is 14.8. The minimum absolute atomic E-state index is 0.156. The first kappa shape index (κ1) is 31.5. The summed E-state index contributed by atoms with van der Waals surface area (Å²) in [6.45, 7) is 7.04. The Morgan fingerprint density at radius 3 is 2.35 bits per heavy atom. The van der Waals surface area contributed by atoms with Gasteiger partial charge in [-0.05, 0) is 68.9 Å². The Morgan fingerprint density at radius 2 is 1.67 bits per heavy atom. The number of phenolic OH excluding ortho intramolecular Hbond substituents is 1. The largest absolute Gasteiger partial charge is 0.508 e. The summed E-state index contributed by atoms with van der Waals surface area (Å²) in [6.07, 6.45) is 0. The first-order valence-corrected chi connectivity index (χ1v) is 16.2. The number of nitrogens with zero attached hydrogens (tertiary/aromatic N) is 4. The quantitative estimate of drug-likeness (QED) is 0.220. The van der Waals surface area contributed by atoms with E-state index in [2.05, 4.69) is 37.7 Å². The predicted molar refractivity (Wildman–Crippen MR) is 170 cm³/mol. The van der Waals surface area contributed by atoms with E-state index in [0.29, 0.717) is 35.1 Å². The van der Waals surface area contributed by atoms with Crippen molar-refractivity contribution in [2.45, 2.75) is 37.4 Å². The lowest BCUT2D eigenvalue weighted by Gasteiger charge is -2.34. The third-order valence-corrected chi connectivity index (χ3v) is 10.6. The number of carbonyl (C=O) groups is 1. The number of aromatic hydroxyl groups is 1. The third-order valence-electron chi connectivity index (χ3n) is 8.60. The van der Waals surface area contributed by atoms with Crippen LogP contribution in [0.1, 0.15) is 41.0 Å². The number of aromatic amines is 1. The van der Waals surface area contributed by atoms with Gasteiger partial charge in [-0.2, -0.15) is 9.40 Å². The number of rotatable bonds is 8. The highest BCUT2D eigenvalue weighted by Gasteiger charge is 2.48. The zero-order chi connectivity index (χ0) is 32.8. The van der Waals surface area contributed by atoms with Gasteiger partial charge in [-0.15, -0.1) is 0 Å². The highest BCUT2D eigenvalue weighted by Crippen LogP contribution is 2.44. The highest BCUT2D eigenvalue weighted by atomic mass is 32.2. The van der Waals surface area contributed by atoms with Gasteiger partial charge in [0.25, 0.3) is 5.91 Å². The molecule has 0 aliphatic carbocycles. The van der Waals surface area contributed by atoms with Gasteiger partial charge in [-0.1, -0.05) is 12.1 Å². The Morgan fingerprint density at radius 1 is 1.00 bits per heavy atom. The fourth-order valence-electron chi connectivity index (χ4n) is 5.91. The van der Waals surface area contributed by atoms with Crippen molar-refractivity contribution < 1.29 is 27.1 Å². The number of hydrogen-bond donors (Lipinski definition) is 4. The normalized spacial score (nSPS) is 16.8. The molecule has 46 heavy (non-hydrogen) atoms. The van der Waals surface area contributed by atoms with E-state index >= 15 is 0 Å². The van der Waals surface area contributed by atoms with Crippen molar-refractivity contribution in [3.05, 3.63) is 94.7 Å². The van der Waals surface area contributed by atoms with Crippen LogP contribution in [-0.4, -0.2) is 72.1 Å². The summed E-state index contributed by atoms with van der Waals surface area (Å²) >= 11 is 0. The van der Waals surface area contributed by atoms with E-state index in [1.807, 2.05) is 12.1 Å². The van der Waals surface area contributed by atoms with Crippen LogP contribution in [-0.2, 0) is 28.7 Å². The number of aromatic nitrogens is 2. The molecule has 3 aromatic carbocycles. The summed E-state index contributed by atoms with van der Waals surface area (Å²) in [5, 5.41) is 23.0. The average Bonchev–Trinajstić information content (AvgIpc) is 3.54. The molecule has 14 heteroatoms. The molecular formula is C32H35F2N7O4S. The zero-order valence-electron chi connectivity index (χ0n) is 25.6. The number of likely N-dealkylation sites (N-methyl/N-ethyl adjacent to an activating group) is 1. The Bertz CT molecular complexity index is 1870. The summed E-state index contributed by atoms with van der Waals surface area (Å²) in [6, 6.07) is 14.5. The molecule has 2 aliphatic rings. The summed E-state index contributed by atoms with van der Waals surface area (Å²) in [5.41, 5.74) is 2.56. The Kier molecular flexibility index (Phi) is 8.21. The molecule has 1 saturated heterocycles. The summed E-state index contributed by atoms with van der Waals surface area (Å²) in [4.78, 5) is 17.8. The number of piperazine rings is 1. The monoisotopic (exact) mass is 651 g/mol. The molecule has 11 nitrogen and oxygen atoms in total. The second-order valence-electron chi connectivity index (χ2n) is 12.1. The molecule has 0 unspecified atom stereocenters. The van der Waals surface area contributed by atoms with Crippen molar-refractivity contribution in [3.8, 4) is 5.75 Å². The van der Waals surface area contributed by atoms with Gasteiger partial charge in [-0.3, -0.25) is 9.89 Å². The summed E-state index contributed by atoms with van der Waals surface area (Å²) < 4.78 is 56.1. The molecule has 2 aliphatic heterocycles. The van der Waals surface area contributed by atoms with Crippen molar-refractivity contribution in [3.63, 3.8) is 0 Å². The number of fused-ring (bicyclic) bond motifs is 1. The first-order chi connectivity index (χ1) is 21.8. The minimum atomic E-state index is -4.33. The number of benzene rings is 3. The molecule has 1 aromatic heterocycles. The van der Waals surface area contributed by atoms with Gasteiger partial charge in [-0.25, -0.2) is 17.2 Å². The van der Waals surface area contributed by atoms with Crippen molar-refractivity contribution in [2.24, 2.45) is 0 Å². The van der Waals surface area contributed by atoms with Crippen molar-refractivity contribution in [1.29, 1.82) is 0 Å². The molecule has 242 valence electrons. The van der Waals surface area contributed by atoms with Crippen LogP contribution in [0.25, 0.3) is 0 Å². The van der Waals surface area contributed by atoms with Crippen LogP contribution in [0, 0.1) is 11.6 Å². The van der Waals surface area contributed by atoms with Crippen LogP contribution in [0.2, 0.25) is 0 Å². The van der Waals surface area contributed by atoms with Crippen LogP contribution in [0.4, 0.5) is 26.0 Å². The van der Waals surface area contributed by atoms with E-state index < -0.39 is 38.0 Å². The zero-order valence-corrected chi connectivity index (χ0v) is 26.5. The molecule has 1 amide bonds. The van der Waals surface area contributed by atoms with Crippen LogP contribution < -0.4 is 15.5 Å². The summed E-state index contributed by atoms with van der Waals surface area (Å²) in [7, 11) is -2.25. The molecule has 4 N–H and O–H groups in total. The molecular weight excluding hydrogens is 616 g/mol. The van der Waals surface area contributed by atoms with Crippen LogP contribution in [0.5, 0.6) is 5.75 Å². The molecule has 0 bridgehead atoms. The van der Waals surface area contributed by atoms with Gasteiger partial charge in [0.15, 0.2) is 5.82 Å². The number of sulfonamides is 1. The van der Waals surface area contributed by atoms with Crippen LogP contribution in [0.3, 0.4) is 0 Å². The average molecular weight is 652 g/mol. The number of hydrogen-bond acceptors (Lipinski definition) is 8. The molecule has 0 atom stereocenters. The lowest BCUT2D eigenvalue weighted by molar-refractivity contribution is 0.102. The topological polar surface area (TPSA) is 134 Å². The lowest BCUT2D eigenvalue weighted by atomic mass is 10.0. The molecule has 0 spiro atoms. The highest BCUT2D eigenvalue weighted by molar-refractivity contribution is 7.89. The molecule has 3 heterocycles. The van der Waals surface area contributed by atoms with Crippen molar-refractivity contribution >= 4 is 33.1 Å². The number of anilines is 3. The molecule has 4 aromatic rings. The fourth-order valence-corrected chi connectivity index (χ4v) is 7.68. The molecule has 1 fully saturated rings. The standard InChI is InChI=1S/C32H35F2N7O4S/c1-32(2)29-27(19-41(32)46(44,45)25-15-21(33)14-22(34)16-25)30(38-37-29)36-31(43)26-9-6-23(40-12-10-39(3)11-13-40)17-28(26)35-18-20-4-7-24(42)8-5-20/h4-9,14-17,35,42H,10-13,18-19H2,1-3H3,(H2,36,37,38,43). The van der Waals surface area contributed by atoms with Gasteiger partial charge in [0.1, 0.15) is 17.4 Å². The molecule has 0 saturated carbocycles. The maximum atomic E-state index is 13.9. The van der Waals surface area contributed by atoms with Gasteiger partial charge in [0, 0.05) is 62.3 Å². The van der Waals surface area contributed by atoms with Crippen LogP contribution in [0.15, 0.2) is 65.6 Å².